The number of fused-ring (bicyclic) bond motifs is 1. The van der Waals surface area contributed by atoms with Crippen LogP contribution in [0.2, 0.25) is 0 Å². The second-order valence-electron chi connectivity index (χ2n) is 4.87. The third-order valence-electron chi connectivity index (χ3n) is 3.51. The molecule has 4 nitrogen and oxygen atoms in total. The predicted octanol–water partition coefficient (Wildman–Crippen LogP) is 3.27. The number of aryl methyl sites for hydroxylation is 2. The third kappa shape index (κ3) is 1.82. The Labute approximate surface area is 120 Å². The maximum atomic E-state index is 12.1. The Balaban J connectivity index is 2.23. The number of carbonyl (C=O) groups excluding carboxylic acids is 1. The Morgan fingerprint density at radius 2 is 2.10 bits per heavy atom. The largest absolute Gasteiger partial charge is 0.506 e. The van der Waals surface area contributed by atoms with E-state index in [9.17, 15) is 9.90 Å². The Hall–Kier alpha value is -2.14. The van der Waals surface area contributed by atoms with E-state index in [4.69, 9.17) is 0 Å². The summed E-state index contributed by atoms with van der Waals surface area (Å²) in [6, 6.07) is 2.02. The number of rotatable bonds is 1. The Kier molecular flexibility index (Phi) is 2.87. The molecule has 1 amide bonds. The van der Waals surface area contributed by atoms with Gasteiger partial charge in [-0.25, -0.2) is 4.98 Å². The van der Waals surface area contributed by atoms with Crippen molar-refractivity contribution in [3.63, 3.8) is 0 Å². The van der Waals surface area contributed by atoms with E-state index in [1.807, 2.05) is 24.4 Å². The summed E-state index contributed by atoms with van der Waals surface area (Å²) < 4.78 is 0. The number of nitrogens with one attached hydrogen (secondary N) is 1. The molecule has 1 aliphatic rings. The van der Waals surface area contributed by atoms with Gasteiger partial charge in [-0.1, -0.05) is 0 Å². The highest BCUT2D eigenvalue weighted by molar-refractivity contribution is 7.11. The lowest BCUT2D eigenvalue weighted by atomic mass is 10.0. The normalized spacial score (nSPS) is 15.6. The summed E-state index contributed by atoms with van der Waals surface area (Å²) in [5.41, 5.74) is 3.60. The van der Waals surface area contributed by atoms with Gasteiger partial charge in [-0.3, -0.25) is 4.79 Å². The number of hydrogen-bond donors (Lipinski definition) is 2. The van der Waals surface area contributed by atoms with Gasteiger partial charge in [0.1, 0.15) is 11.6 Å². The zero-order valence-electron chi connectivity index (χ0n) is 11.4. The van der Waals surface area contributed by atoms with Crippen LogP contribution in [0.25, 0.3) is 11.6 Å². The average molecular weight is 286 g/mol. The summed E-state index contributed by atoms with van der Waals surface area (Å²) in [6.45, 7) is 5.53. The topological polar surface area (TPSA) is 62.2 Å². The molecule has 5 heteroatoms. The van der Waals surface area contributed by atoms with E-state index in [1.54, 1.807) is 25.2 Å². The quantitative estimate of drug-likeness (QED) is 0.791. The van der Waals surface area contributed by atoms with Gasteiger partial charge in [-0.2, -0.15) is 0 Å². The summed E-state index contributed by atoms with van der Waals surface area (Å²) >= 11 is 1.59. The fourth-order valence-corrected chi connectivity index (χ4v) is 3.21. The highest BCUT2D eigenvalue weighted by Crippen LogP contribution is 2.39. The monoisotopic (exact) mass is 286 g/mol. The number of anilines is 1. The van der Waals surface area contributed by atoms with Gasteiger partial charge in [0.2, 0.25) is 0 Å². The smallest absolute Gasteiger partial charge is 0.257 e. The molecular weight excluding hydrogens is 272 g/mol. The van der Waals surface area contributed by atoms with Gasteiger partial charge in [0.15, 0.2) is 0 Å². The molecule has 2 aromatic heterocycles. The van der Waals surface area contributed by atoms with Gasteiger partial charge >= 0.3 is 0 Å². The first-order chi connectivity index (χ1) is 9.49. The van der Waals surface area contributed by atoms with E-state index in [-0.39, 0.29) is 11.7 Å². The number of carbonyl (C=O) groups is 1. The maximum absolute atomic E-state index is 12.1. The van der Waals surface area contributed by atoms with Crippen molar-refractivity contribution < 1.29 is 9.90 Å². The maximum Gasteiger partial charge on any atom is 0.257 e. The fourth-order valence-electron chi connectivity index (χ4n) is 2.35. The second-order valence-corrected chi connectivity index (χ2v) is 5.82. The lowest BCUT2D eigenvalue weighted by Crippen LogP contribution is -2.04. The minimum atomic E-state index is -0.173. The fraction of sp³-hybridized carbons (Fsp3) is 0.200. The van der Waals surface area contributed by atoms with Gasteiger partial charge in [-0.05, 0) is 43.9 Å². The molecule has 0 fully saturated rings. The van der Waals surface area contributed by atoms with Crippen LogP contribution in [-0.2, 0) is 4.79 Å². The highest BCUT2D eigenvalue weighted by atomic mass is 32.1. The molecule has 0 unspecified atom stereocenters. The molecule has 0 radical (unpaired) electrons. The third-order valence-corrected chi connectivity index (χ3v) is 4.48. The molecule has 102 valence electrons. The molecule has 0 bridgehead atoms. The molecular formula is C15H14N2O2S. The van der Waals surface area contributed by atoms with Crippen molar-refractivity contribution in [1.82, 2.24) is 4.98 Å². The van der Waals surface area contributed by atoms with Crippen molar-refractivity contribution in [3.8, 4) is 5.75 Å². The number of aromatic hydroxyl groups is 1. The molecule has 0 aromatic carbocycles. The van der Waals surface area contributed by atoms with Crippen LogP contribution >= 0.6 is 11.3 Å². The van der Waals surface area contributed by atoms with E-state index in [0.29, 0.717) is 28.2 Å². The van der Waals surface area contributed by atoms with Crippen LogP contribution < -0.4 is 5.32 Å². The highest BCUT2D eigenvalue weighted by Gasteiger charge is 2.29. The number of pyridine rings is 1. The van der Waals surface area contributed by atoms with Crippen molar-refractivity contribution >= 4 is 34.7 Å². The summed E-state index contributed by atoms with van der Waals surface area (Å²) in [7, 11) is 0. The van der Waals surface area contributed by atoms with Crippen LogP contribution in [0, 0.1) is 20.8 Å². The molecule has 1 aliphatic heterocycles. The van der Waals surface area contributed by atoms with Gasteiger partial charge in [0, 0.05) is 16.0 Å². The molecule has 2 aromatic rings. The first-order valence-electron chi connectivity index (χ1n) is 6.26. The first kappa shape index (κ1) is 12.9. The molecule has 0 saturated carbocycles. The van der Waals surface area contributed by atoms with Crippen LogP contribution in [0.3, 0.4) is 0 Å². The first-order valence-corrected chi connectivity index (χ1v) is 7.14. The standard InChI is InChI=1S/C15H14N2O2S/c1-7-4-5-20-11(7)6-10-12-8(2)13(18)9(3)16-14(12)17-15(10)19/h4-6,18H,1-3H3,(H,16,17,19). The van der Waals surface area contributed by atoms with Gasteiger partial charge in [-0.15, -0.1) is 11.3 Å². The van der Waals surface area contributed by atoms with Crippen LogP contribution in [0.15, 0.2) is 11.4 Å². The number of nitrogens with zero attached hydrogens (tertiary/aromatic N) is 1. The van der Waals surface area contributed by atoms with Crippen molar-refractivity contribution in [2.75, 3.05) is 5.32 Å². The summed E-state index contributed by atoms with van der Waals surface area (Å²) in [5, 5.41) is 14.8. The zero-order valence-corrected chi connectivity index (χ0v) is 12.3. The molecule has 0 saturated heterocycles. The average Bonchev–Trinajstić information content (AvgIpc) is 2.93. The van der Waals surface area contributed by atoms with E-state index < -0.39 is 0 Å². The van der Waals surface area contributed by atoms with Crippen LogP contribution in [0.1, 0.15) is 27.3 Å². The van der Waals surface area contributed by atoms with Crippen LogP contribution in [0.4, 0.5) is 5.82 Å². The molecule has 2 N–H and O–H groups in total. The lowest BCUT2D eigenvalue weighted by Gasteiger charge is -2.08. The second kappa shape index (κ2) is 4.45. The van der Waals surface area contributed by atoms with E-state index in [1.165, 1.54) is 0 Å². The molecule has 3 heterocycles. The van der Waals surface area contributed by atoms with Crippen molar-refractivity contribution in [3.05, 3.63) is 38.7 Å². The van der Waals surface area contributed by atoms with Crippen molar-refractivity contribution in [2.45, 2.75) is 20.8 Å². The Bertz CT molecular complexity index is 759. The lowest BCUT2D eigenvalue weighted by molar-refractivity contribution is -0.110. The Morgan fingerprint density at radius 1 is 1.35 bits per heavy atom. The minimum absolute atomic E-state index is 0.147. The van der Waals surface area contributed by atoms with E-state index in [0.717, 1.165) is 10.4 Å². The van der Waals surface area contributed by atoms with Crippen molar-refractivity contribution in [1.29, 1.82) is 0 Å². The van der Waals surface area contributed by atoms with Crippen LogP contribution in [0.5, 0.6) is 5.75 Å². The molecule has 0 spiro atoms. The predicted molar refractivity (Wildman–Crippen MR) is 80.9 cm³/mol. The SMILES string of the molecule is Cc1ccsc1C=C1C(=O)Nc2nc(C)c(O)c(C)c21. The van der Waals surface area contributed by atoms with Crippen molar-refractivity contribution in [2.24, 2.45) is 0 Å². The number of aromatic nitrogens is 1. The summed E-state index contributed by atoms with van der Waals surface area (Å²) in [4.78, 5) is 17.4. The molecule has 0 aliphatic carbocycles. The molecule has 0 atom stereocenters. The van der Waals surface area contributed by atoms with E-state index in [2.05, 4.69) is 10.3 Å². The number of amides is 1. The van der Waals surface area contributed by atoms with Gasteiger partial charge in [0.25, 0.3) is 5.91 Å². The number of hydrogen-bond acceptors (Lipinski definition) is 4. The molecule has 3 rings (SSSR count). The molecule has 20 heavy (non-hydrogen) atoms. The zero-order chi connectivity index (χ0) is 14.4. The Morgan fingerprint density at radius 3 is 2.75 bits per heavy atom. The number of thiophene rings is 1. The van der Waals surface area contributed by atoms with Gasteiger partial charge in [0.05, 0.1) is 11.3 Å². The van der Waals surface area contributed by atoms with Crippen LogP contribution in [-0.4, -0.2) is 16.0 Å². The summed E-state index contributed by atoms with van der Waals surface area (Å²) in [6.07, 6.45) is 1.87. The summed E-state index contributed by atoms with van der Waals surface area (Å²) in [5.74, 6) is 0.505. The van der Waals surface area contributed by atoms with E-state index >= 15 is 0 Å². The minimum Gasteiger partial charge on any atom is -0.506 e. The van der Waals surface area contributed by atoms with Gasteiger partial charge < -0.3 is 10.4 Å².